The van der Waals surface area contributed by atoms with Crippen LogP contribution in [-0.2, 0) is 24.3 Å². The molecule has 13 heteroatoms. The number of ketones is 1. The molecule has 0 saturated heterocycles. The van der Waals surface area contributed by atoms with Gasteiger partial charge in [-0.3, -0.25) is 4.79 Å². The fraction of sp³-hybridized carbons (Fsp3) is 0.633. The lowest BCUT2D eigenvalue weighted by atomic mass is 9.44. The van der Waals surface area contributed by atoms with Crippen LogP contribution in [-0.4, -0.2) is 73.0 Å². The van der Waals surface area contributed by atoms with E-state index in [1.54, 1.807) is 6.08 Å². The van der Waals surface area contributed by atoms with Crippen molar-refractivity contribution in [1.82, 2.24) is 4.33 Å². The van der Waals surface area contributed by atoms with Crippen LogP contribution in [0.5, 0.6) is 5.75 Å². The standard InChI is InChI=1S/C30H40BFN2O8S/c1-7-28(4)14-22(29(5)17(2)10-12-30(18(3)27(28)37)13-11-20(35)26(29)30)42-23(36)16-41-21-9-8-19-15-33-34(43(6,39)40)31(38)24(19)25(21)32/h7-9,15,17-18,22,26-27,37-38H,1,10-14,16H2,2-6H3/t17-,18-,22+,26-,27-,28+,29-,30-/m0/s1. The lowest BCUT2D eigenvalue weighted by Crippen LogP contribution is -2.63. The summed E-state index contributed by atoms with van der Waals surface area (Å²) in [6.45, 7) is 11.4. The number of carbonyl (C=O) groups is 2. The first-order chi connectivity index (χ1) is 20.0. The molecule has 5 rings (SSSR count). The first kappa shape index (κ1) is 31.7. The summed E-state index contributed by atoms with van der Waals surface area (Å²) in [5, 5.41) is 25.9. The van der Waals surface area contributed by atoms with Crippen molar-refractivity contribution in [3.63, 3.8) is 0 Å². The molecule has 1 aliphatic heterocycles. The Balaban J connectivity index is 1.43. The largest absolute Gasteiger partial charge is 0.487 e. The van der Waals surface area contributed by atoms with E-state index in [-0.39, 0.29) is 46.7 Å². The van der Waals surface area contributed by atoms with E-state index in [0.717, 1.165) is 25.3 Å². The van der Waals surface area contributed by atoms with Crippen LogP contribution in [0.2, 0.25) is 0 Å². The quantitative estimate of drug-likeness (QED) is 0.281. The van der Waals surface area contributed by atoms with Crippen LogP contribution in [0, 0.1) is 39.8 Å². The van der Waals surface area contributed by atoms with Crippen LogP contribution >= 0.6 is 0 Å². The summed E-state index contributed by atoms with van der Waals surface area (Å²) < 4.78 is 51.4. The second-order valence-corrected chi connectivity index (χ2v) is 15.2. The molecule has 0 unspecified atom stereocenters. The van der Waals surface area contributed by atoms with Crippen molar-refractivity contribution in [2.75, 3.05) is 12.9 Å². The van der Waals surface area contributed by atoms with Crippen molar-refractivity contribution in [2.45, 2.75) is 72.0 Å². The Labute approximate surface area is 252 Å². The third kappa shape index (κ3) is 4.82. The summed E-state index contributed by atoms with van der Waals surface area (Å²) in [5.74, 6) is -2.57. The predicted octanol–water partition coefficient (Wildman–Crippen LogP) is 2.41. The molecule has 8 atom stereocenters. The number of rotatable bonds is 6. The van der Waals surface area contributed by atoms with Gasteiger partial charge in [0.05, 0.1) is 18.6 Å². The third-order valence-corrected chi connectivity index (χ3v) is 12.2. The van der Waals surface area contributed by atoms with Gasteiger partial charge in [0.2, 0.25) is 10.0 Å². The van der Waals surface area contributed by atoms with Crippen molar-refractivity contribution >= 4 is 40.5 Å². The third-order valence-electron chi connectivity index (χ3n) is 11.2. The Bertz CT molecular complexity index is 1490. The Morgan fingerprint density at radius 3 is 2.65 bits per heavy atom. The van der Waals surface area contributed by atoms with Crippen LogP contribution in [0.1, 0.15) is 65.4 Å². The zero-order chi connectivity index (χ0) is 31.7. The van der Waals surface area contributed by atoms with E-state index in [1.165, 1.54) is 12.1 Å². The number of hydrogen-bond acceptors (Lipinski definition) is 9. The fourth-order valence-electron chi connectivity index (χ4n) is 8.46. The lowest BCUT2D eigenvalue weighted by Gasteiger charge is -2.61. The van der Waals surface area contributed by atoms with E-state index in [9.17, 15) is 28.1 Å². The average molecular weight is 619 g/mol. The van der Waals surface area contributed by atoms with Crippen molar-refractivity contribution in [3.8, 4) is 5.75 Å². The first-order valence-electron chi connectivity index (χ1n) is 14.7. The summed E-state index contributed by atoms with van der Waals surface area (Å²) in [4.78, 5) is 26.9. The number of hydrazone groups is 1. The number of aliphatic hydroxyl groups is 1. The van der Waals surface area contributed by atoms with Crippen LogP contribution in [0.15, 0.2) is 29.9 Å². The molecule has 234 valence electrons. The molecule has 1 heterocycles. The molecule has 4 aliphatic rings. The van der Waals surface area contributed by atoms with Crippen molar-refractivity contribution < 1.29 is 42.0 Å². The molecule has 1 aromatic rings. The minimum Gasteiger partial charge on any atom is -0.479 e. The van der Waals surface area contributed by atoms with Crippen LogP contribution < -0.4 is 10.2 Å². The molecule has 3 fully saturated rings. The number of Topliss-reactive ketones (excluding diaryl/α,β-unsaturated/α-hetero) is 1. The topological polar surface area (TPSA) is 143 Å². The maximum absolute atomic E-state index is 15.5. The van der Waals surface area contributed by atoms with Crippen LogP contribution in [0.25, 0.3) is 0 Å². The Hall–Kier alpha value is -2.77. The van der Waals surface area contributed by atoms with Crippen LogP contribution in [0.4, 0.5) is 4.39 Å². The summed E-state index contributed by atoms with van der Waals surface area (Å²) in [5.41, 5.74) is -2.12. The second kappa shape index (κ2) is 10.7. The fourth-order valence-corrected chi connectivity index (χ4v) is 9.15. The normalized spacial score (nSPS) is 37.2. The van der Waals surface area contributed by atoms with Gasteiger partial charge in [-0.25, -0.2) is 21.9 Å². The molecule has 10 nitrogen and oxygen atoms in total. The number of ether oxygens (including phenoxy) is 2. The molecule has 3 saturated carbocycles. The number of hydrogen-bond donors (Lipinski definition) is 2. The smallest absolute Gasteiger partial charge is 0.479 e. The Morgan fingerprint density at radius 2 is 2.00 bits per heavy atom. The van der Waals surface area contributed by atoms with E-state index >= 15 is 4.39 Å². The summed E-state index contributed by atoms with van der Waals surface area (Å²) in [6.07, 6.45) is 5.06. The van der Waals surface area contributed by atoms with Gasteiger partial charge in [0, 0.05) is 28.6 Å². The number of carbonyl (C=O) groups excluding carboxylic acids is 2. The zero-order valence-electron chi connectivity index (χ0n) is 25.2. The SMILES string of the molecule is C=C[C@]1(C)C[C@@H](OC(=O)COc2ccc3c(c2F)B(O)N(S(C)(=O)=O)N=C3)[C@@]2(C)[C@@H]3C(=O)CC[C@@]3(CC[C@@H]2C)[C@@H](C)[C@@H]1O. The summed E-state index contributed by atoms with van der Waals surface area (Å²) in [7, 11) is -5.90. The van der Waals surface area contributed by atoms with Gasteiger partial charge in [-0.1, -0.05) is 33.8 Å². The molecule has 3 aliphatic carbocycles. The number of sulfonamides is 1. The van der Waals surface area contributed by atoms with Gasteiger partial charge in [0.25, 0.3) is 0 Å². The number of fused-ring (bicyclic) bond motifs is 1. The summed E-state index contributed by atoms with van der Waals surface area (Å²) >= 11 is 0. The van der Waals surface area contributed by atoms with Gasteiger partial charge in [0.15, 0.2) is 18.2 Å². The van der Waals surface area contributed by atoms with E-state index < -0.39 is 63.9 Å². The van der Waals surface area contributed by atoms with E-state index in [1.807, 2.05) is 20.8 Å². The highest BCUT2D eigenvalue weighted by molar-refractivity contribution is 7.89. The molecular weight excluding hydrogens is 578 g/mol. The zero-order valence-corrected chi connectivity index (χ0v) is 26.1. The molecule has 0 radical (unpaired) electrons. The van der Waals surface area contributed by atoms with Gasteiger partial charge in [-0.05, 0) is 60.6 Å². The molecule has 0 amide bonds. The van der Waals surface area contributed by atoms with Crippen molar-refractivity contribution in [2.24, 2.45) is 39.1 Å². The monoisotopic (exact) mass is 618 g/mol. The van der Waals surface area contributed by atoms with Crippen molar-refractivity contribution in [3.05, 3.63) is 36.2 Å². The van der Waals surface area contributed by atoms with Gasteiger partial charge >= 0.3 is 13.0 Å². The van der Waals surface area contributed by atoms with E-state index in [4.69, 9.17) is 9.47 Å². The molecule has 2 bridgehead atoms. The van der Waals surface area contributed by atoms with Gasteiger partial charge in [-0.15, -0.1) is 6.58 Å². The predicted molar refractivity (Wildman–Crippen MR) is 158 cm³/mol. The Morgan fingerprint density at radius 1 is 1.30 bits per heavy atom. The second-order valence-electron chi connectivity index (χ2n) is 13.4. The maximum Gasteiger partial charge on any atom is 0.487 e. The highest BCUT2D eigenvalue weighted by Crippen LogP contribution is 2.68. The minimum absolute atomic E-state index is 0.0435. The molecular formula is C30H40BFN2O8S. The van der Waals surface area contributed by atoms with Crippen LogP contribution in [0.3, 0.4) is 0 Å². The highest BCUT2D eigenvalue weighted by atomic mass is 32.2. The van der Waals surface area contributed by atoms with Gasteiger partial charge in [0.1, 0.15) is 11.9 Å². The van der Waals surface area contributed by atoms with Gasteiger partial charge in [-0.2, -0.15) is 5.10 Å². The lowest BCUT2D eigenvalue weighted by molar-refractivity contribution is -0.207. The Kier molecular flexibility index (Phi) is 7.87. The molecule has 0 spiro atoms. The molecule has 0 aromatic heterocycles. The number of halogens is 1. The molecule has 43 heavy (non-hydrogen) atoms. The number of benzene rings is 1. The highest BCUT2D eigenvalue weighted by Gasteiger charge is 2.68. The van der Waals surface area contributed by atoms with Crippen molar-refractivity contribution in [1.29, 1.82) is 0 Å². The number of nitrogens with zero attached hydrogens (tertiary/aromatic N) is 2. The first-order valence-corrected chi connectivity index (χ1v) is 16.6. The summed E-state index contributed by atoms with van der Waals surface area (Å²) in [6, 6.07) is 2.66. The average Bonchev–Trinajstić information content (AvgIpc) is 3.30. The van der Waals surface area contributed by atoms with E-state index in [0.29, 0.717) is 17.2 Å². The number of aliphatic hydroxyl groups excluding tert-OH is 1. The van der Waals surface area contributed by atoms with E-state index in [2.05, 4.69) is 18.6 Å². The molecule has 2 N–H and O–H groups in total. The maximum atomic E-state index is 15.5. The molecule has 1 aromatic carbocycles. The number of esters is 1. The minimum atomic E-state index is -3.99. The van der Waals surface area contributed by atoms with Gasteiger partial charge < -0.3 is 19.6 Å².